The van der Waals surface area contributed by atoms with E-state index < -0.39 is 0 Å². The molecule has 0 aromatic carbocycles. The minimum absolute atomic E-state index is 0.654. The maximum Gasteiger partial charge on any atom is 0.0558 e. The summed E-state index contributed by atoms with van der Waals surface area (Å²) in [6, 6.07) is 2.73. The van der Waals surface area contributed by atoms with Crippen LogP contribution in [0.2, 0.25) is 0 Å². The number of nitrogens with one attached hydrogen (secondary N) is 1. The molecule has 2 atom stereocenters. The van der Waals surface area contributed by atoms with Crippen molar-refractivity contribution < 1.29 is 0 Å². The Labute approximate surface area is 98.5 Å². The average Bonchev–Trinajstić information content (AvgIpc) is 2.32. The first-order chi connectivity index (χ1) is 7.79. The van der Waals surface area contributed by atoms with Gasteiger partial charge in [0.05, 0.1) is 11.9 Å². The molecule has 1 saturated carbocycles. The molecule has 1 heterocycles. The zero-order valence-corrected chi connectivity index (χ0v) is 10.4. The first-order valence-electron chi connectivity index (χ1n) is 6.46. The Hall–Kier alpha value is -1.05. The van der Waals surface area contributed by atoms with Crippen LogP contribution in [0, 0.1) is 12.8 Å². The van der Waals surface area contributed by atoms with Crippen LogP contribution in [-0.4, -0.2) is 11.0 Å². The summed E-state index contributed by atoms with van der Waals surface area (Å²) in [5, 5.41) is 3.65. The molecular formula is C14H22N2. The van der Waals surface area contributed by atoms with Crippen molar-refractivity contribution in [2.45, 2.75) is 52.0 Å². The van der Waals surface area contributed by atoms with E-state index in [1.807, 2.05) is 12.4 Å². The van der Waals surface area contributed by atoms with E-state index in [9.17, 15) is 0 Å². The zero-order chi connectivity index (χ0) is 11.4. The van der Waals surface area contributed by atoms with E-state index in [1.165, 1.54) is 43.4 Å². The molecule has 1 aromatic heterocycles. The molecule has 0 aliphatic heterocycles. The number of hydrogen-bond acceptors (Lipinski definition) is 2. The summed E-state index contributed by atoms with van der Waals surface area (Å²) in [6.07, 6.45) is 10.6. The lowest BCUT2D eigenvalue weighted by atomic mass is 9.84. The number of nitrogens with zero attached hydrogens (tertiary/aromatic N) is 1. The van der Waals surface area contributed by atoms with E-state index in [0.29, 0.717) is 6.04 Å². The van der Waals surface area contributed by atoms with Crippen molar-refractivity contribution in [1.82, 2.24) is 4.98 Å². The number of anilines is 1. The number of pyridine rings is 1. The Morgan fingerprint density at radius 3 is 3.06 bits per heavy atom. The number of hydrogen-bond donors (Lipinski definition) is 1. The molecule has 0 bridgehead atoms. The van der Waals surface area contributed by atoms with Crippen LogP contribution in [0.5, 0.6) is 0 Å². The SMILES string of the molecule is CCC1CCCC(Nc2cnccc2C)C1. The Morgan fingerprint density at radius 1 is 1.44 bits per heavy atom. The van der Waals surface area contributed by atoms with Crippen molar-refractivity contribution >= 4 is 5.69 Å². The minimum Gasteiger partial charge on any atom is -0.381 e. The molecule has 0 amide bonds. The summed E-state index contributed by atoms with van der Waals surface area (Å²) < 4.78 is 0. The number of rotatable bonds is 3. The van der Waals surface area contributed by atoms with Crippen LogP contribution >= 0.6 is 0 Å². The summed E-state index contributed by atoms with van der Waals surface area (Å²) in [4.78, 5) is 4.19. The summed E-state index contributed by atoms with van der Waals surface area (Å²) in [7, 11) is 0. The van der Waals surface area contributed by atoms with Crippen LogP contribution in [0.3, 0.4) is 0 Å². The fraction of sp³-hybridized carbons (Fsp3) is 0.643. The van der Waals surface area contributed by atoms with Gasteiger partial charge in [-0.15, -0.1) is 0 Å². The predicted molar refractivity (Wildman–Crippen MR) is 68.6 cm³/mol. The Morgan fingerprint density at radius 2 is 2.31 bits per heavy atom. The van der Waals surface area contributed by atoms with Gasteiger partial charge in [0.25, 0.3) is 0 Å². The first-order valence-corrected chi connectivity index (χ1v) is 6.46. The van der Waals surface area contributed by atoms with Crippen molar-refractivity contribution in [3.63, 3.8) is 0 Å². The second-order valence-electron chi connectivity index (χ2n) is 4.97. The second-order valence-corrected chi connectivity index (χ2v) is 4.97. The highest BCUT2D eigenvalue weighted by atomic mass is 14.9. The Kier molecular flexibility index (Phi) is 3.81. The van der Waals surface area contributed by atoms with Gasteiger partial charge in [0.15, 0.2) is 0 Å². The third-order valence-corrected chi connectivity index (χ3v) is 3.76. The molecule has 0 radical (unpaired) electrons. The van der Waals surface area contributed by atoms with Crippen LogP contribution < -0.4 is 5.32 Å². The third-order valence-electron chi connectivity index (χ3n) is 3.76. The maximum absolute atomic E-state index is 4.19. The molecule has 2 heteroatoms. The quantitative estimate of drug-likeness (QED) is 0.835. The minimum atomic E-state index is 0.654. The van der Waals surface area contributed by atoms with Crippen molar-refractivity contribution in [2.24, 2.45) is 5.92 Å². The van der Waals surface area contributed by atoms with Gasteiger partial charge in [0.1, 0.15) is 0 Å². The van der Waals surface area contributed by atoms with Gasteiger partial charge in [-0.25, -0.2) is 0 Å². The van der Waals surface area contributed by atoms with Crippen molar-refractivity contribution in [3.05, 3.63) is 24.0 Å². The highest BCUT2D eigenvalue weighted by Crippen LogP contribution is 2.29. The predicted octanol–water partition coefficient (Wildman–Crippen LogP) is 3.77. The van der Waals surface area contributed by atoms with Gasteiger partial charge in [0.2, 0.25) is 0 Å². The van der Waals surface area contributed by atoms with E-state index >= 15 is 0 Å². The first kappa shape index (κ1) is 11.4. The molecular weight excluding hydrogens is 196 g/mol. The van der Waals surface area contributed by atoms with E-state index in [4.69, 9.17) is 0 Å². The molecule has 0 spiro atoms. The normalized spacial score (nSPS) is 25.4. The van der Waals surface area contributed by atoms with Crippen LogP contribution in [0.4, 0.5) is 5.69 Å². The summed E-state index contributed by atoms with van der Waals surface area (Å²) in [6.45, 7) is 4.45. The molecule has 1 aliphatic carbocycles. The fourth-order valence-corrected chi connectivity index (χ4v) is 2.63. The fourth-order valence-electron chi connectivity index (χ4n) is 2.63. The maximum atomic E-state index is 4.19. The van der Waals surface area contributed by atoms with Gasteiger partial charge in [-0.3, -0.25) is 4.98 Å². The summed E-state index contributed by atoms with van der Waals surface area (Å²) >= 11 is 0. The standard InChI is InChI=1S/C14H22N2/c1-3-12-5-4-6-13(9-12)16-14-10-15-8-7-11(14)2/h7-8,10,12-13,16H,3-6,9H2,1-2H3. The molecule has 2 nitrogen and oxygen atoms in total. The van der Waals surface area contributed by atoms with Crippen molar-refractivity contribution in [1.29, 1.82) is 0 Å². The average molecular weight is 218 g/mol. The van der Waals surface area contributed by atoms with Gasteiger partial charge in [-0.1, -0.05) is 26.2 Å². The van der Waals surface area contributed by atoms with E-state index in [1.54, 1.807) is 0 Å². The van der Waals surface area contributed by atoms with Crippen LogP contribution in [0.25, 0.3) is 0 Å². The molecule has 1 fully saturated rings. The van der Waals surface area contributed by atoms with Crippen molar-refractivity contribution in [2.75, 3.05) is 5.32 Å². The third kappa shape index (κ3) is 2.75. The van der Waals surface area contributed by atoms with Crippen LogP contribution in [-0.2, 0) is 0 Å². The lowest BCUT2D eigenvalue weighted by Crippen LogP contribution is -2.27. The van der Waals surface area contributed by atoms with Crippen LogP contribution in [0.15, 0.2) is 18.5 Å². The van der Waals surface area contributed by atoms with E-state index in [0.717, 1.165) is 5.92 Å². The number of aryl methyl sites for hydroxylation is 1. The lowest BCUT2D eigenvalue weighted by Gasteiger charge is -2.30. The van der Waals surface area contributed by atoms with Gasteiger partial charge in [0, 0.05) is 12.2 Å². The van der Waals surface area contributed by atoms with Gasteiger partial charge in [-0.2, -0.15) is 0 Å². The molecule has 16 heavy (non-hydrogen) atoms. The summed E-state index contributed by atoms with van der Waals surface area (Å²) in [5.41, 5.74) is 2.51. The van der Waals surface area contributed by atoms with E-state index in [2.05, 4.69) is 30.2 Å². The molecule has 2 rings (SSSR count). The van der Waals surface area contributed by atoms with E-state index in [-0.39, 0.29) is 0 Å². The Bertz CT molecular complexity index is 335. The lowest BCUT2D eigenvalue weighted by molar-refractivity contribution is 0.327. The number of aromatic nitrogens is 1. The topological polar surface area (TPSA) is 24.9 Å². The van der Waals surface area contributed by atoms with Gasteiger partial charge in [-0.05, 0) is 37.3 Å². The second kappa shape index (κ2) is 5.33. The van der Waals surface area contributed by atoms with Gasteiger partial charge >= 0.3 is 0 Å². The zero-order valence-electron chi connectivity index (χ0n) is 10.4. The highest BCUT2D eigenvalue weighted by Gasteiger charge is 2.20. The molecule has 2 unspecified atom stereocenters. The molecule has 1 aliphatic rings. The molecule has 0 saturated heterocycles. The van der Waals surface area contributed by atoms with Crippen LogP contribution in [0.1, 0.15) is 44.6 Å². The monoisotopic (exact) mass is 218 g/mol. The smallest absolute Gasteiger partial charge is 0.0558 e. The summed E-state index contributed by atoms with van der Waals surface area (Å²) in [5.74, 6) is 0.920. The highest BCUT2D eigenvalue weighted by molar-refractivity contribution is 5.48. The molecule has 1 aromatic rings. The molecule has 88 valence electrons. The largest absolute Gasteiger partial charge is 0.381 e. The molecule has 1 N–H and O–H groups in total. The Balaban J connectivity index is 1.97. The van der Waals surface area contributed by atoms with Crippen molar-refractivity contribution in [3.8, 4) is 0 Å². The van der Waals surface area contributed by atoms with Gasteiger partial charge < -0.3 is 5.32 Å².